The van der Waals surface area contributed by atoms with Gasteiger partial charge >= 0.3 is 0 Å². The molecule has 3 atom stereocenters. The van der Waals surface area contributed by atoms with Crippen LogP contribution in [0.3, 0.4) is 0 Å². The summed E-state index contributed by atoms with van der Waals surface area (Å²) >= 11 is 0. The van der Waals surface area contributed by atoms with Gasteiger partial charge in [0.05, 0.1) is 13.2 Å². The van der Waals surface area contributed by atoms with Crippen LogP contribution in [0.2, 0.25) is 0 Å². The van der Waals surface area contributed by atoms with Crippen molar-refractivity contribution in [1.82, 2.24) is 5.32 Å². The zero-order valence-electron chi connectivity index (χ0n) is 9.21. The number of rotatable bonds is 1. The minimum absolute atomic E-state index is 0.146. The van der Waals surface area contributed by atoms with Gasteiger partial charge in [0, 0.05) is 19.1 Å². The summed E-state index contributed by atoms with van der Waals surface area (Å²) < 4.78 is 11.4. The molecule has 82 valence electrons. The summed E-state index contributed by atoms with van der Waals surface area (Å²) in [5.41, 5.74) is -0.146. The smallest absolute Gasteiger partial charge is 0.121 e. The van der Waals surface area contributed by atoms with Crippen LogP contribution >= 0.6 is 0 Å². The second-order valence-electron chi connectivity index (χ2n) is 4.82. The Bertz CT molecular complexity index is 182. The Labute approximate surface area is 86.2 Å². The van der Waals surface area contributed by atoms with Gasteiger partial charge in [-0.3, -0.25) is 5.32 Å². The molecule has 3 unspecified atom stereocenters. The fourth-order valence-corrected chi connectivity index (χ4v) is 2.24. The molecule has 2 fully saturated rings. The van der Waals surface area contributed by atoms with Crippen LogP contribution in [0.1, 0.15) is 26.7 Å². The van der Waals surface area contributed by atoms with E-state index in [1.165, 1.54) is 12.8 Å². The van der Waals surface area contributed by atoms with Crippen LogP contribution in [0, 0.1) is 11.8 Å². The van der Waals surface area contributed by atoms with Gasteiger partial charge < -0.3 is 9.47 Å². The highest BCUT2D eigenvalue weighted by Crippen LogP contribution is 2.29. The fourth-order valence-electron chi connectivity index (χ4n) is 2.24. The highest BCUT2D eigenvalue weighted by Gasteiger charge is 2.38. The maximum Gasteiger partial charge on any atom is 0.121 e. The number of ether oxygens (including phenoxy) is 2. The fraction of sp³-hybridized carbons (Fsp3) is 1.00. The molecule has 0 aliphatic carbocycles. The van der Waals surface area contributed by atoms with E-state index in [9.17, 15) is 0 Å². The van der Waals surface area contributed by atoms with Crippen LogP contribution in [0.25, 0.3) is 0 Å². The van der Waals surface area contributed by atoms with Crippen LogP contribution in [-0.4, -0.2) is 32.1 Å². The lowest BCUT2D eigenvalue weighted by Crippen LogP contribution is -2.58. The molecule has 0 aromatic carbocycles. The molecule has 0 spiro atoms. The van der Waals surface area contributed by atoms with Crippen LogP contribution in [0.4, 0.5) is 0 Å². The predicted octanol–water partition coefficient (Wildman–Crippen LogP) is 1.39. The van der Waals surface area contributed by atoms with Crippen molar-refractivity contribution in [3.05, 3.63) is 0 Å². The zero-order valence-corrected chi connectivity index (χ0v) is 9.21. The van der Waals surface area contributed by atoms with Crippen molar-refractivity contribution in [2.24, 2.45) is 11.8 Å². The van der Waals surface area contributed by atoms with Gasteiger partial charge in [-0.2, -0.15) is 0 Å². The molecule has 3 heteroatoms. The number of nitrogens with one attached hydrogen (secondary N) is 1. The van der Waals surface area contributed by atoms with Crippen LogP contribution < -0.4 is 5.32 Å². The molecule has 2 heterocycles. The molecule has 0 radical (unpaired) electrons. The van der Waals surface area contributed by atoms with Gasteiger partial charge in [-0.15, -0.1) is 0 Å². The Morgan fingerprint density at radius 2 is 2.21 bits per heavy atom. The molecule has 0 saturated carbocycles. The Morgan fingerprint density at radius 1 is 1.36 bits per heavy atom. The van der Waals surface area contributed by atoms with Gasteiger partial charge in [-0.05, 0) is 25.7 Å². The minimum Gasteiger partial charge on any atom is -0.381 e. The van der Waals surface area contributed by atoms with E-state index in [1.54, 1.807) is 0 Å². The third-order valence-corrected chi connectivity index (χ3v) is 3.41. The average Bonchev–Trinajstić information content (AvgIpc) is 2.24. The maximum absolute atomic E-state index is 5.93. The van der Waals surface area contributed by atoms with Gasteiger partial charge in [0.1, 0.15) is 5.72 Å². The Morgan fingerprint density at radius 3 is 2.79 bits per heavy atom. The highest BCUT2D eigenvalue weighted by atomic mass is 16.5. The van der Waals surface area contributed by atoms with E-state index in [1.807, 2.05) is 0 Å². The summed E-state index contributed by atoms with van der Waals surface area (Å²) in [7, 11) is 0. The molecule has 2 aliphatic rings. The average molecular weight is 199 g/mol. The van der Waals surface area contributed by atoms with E-state index >= 15 is 0 Å². The molecular formula is C11H21NO2. The molecule has 1 N–H and O–H groups in total. The molecular weight excluding hydrogens is 178 g/mol. The lowest BCUT2D eigenvalue weighted by atomic mass is 9.89. The van der Waals surface area contributed by atoms with Crippen molar-refractivity contribution >= 4 is 0 Å². The lowest BCUT2D eigenvalue weighted by molar-refractivity contribution is -0.160. The Kier molecular flexibility index (Phi) is 3.10. The van der Waals surface area contributed by atoms with E-state index in [2.05, 4.69) is 19.2 Å². The Hall–Kier alpha value is -0.120. The number of hydrogen-bond donors (Lipinski definition) is 1. The Balaban J connectivity index is 1.93. The van der Waals surface area contributed by atoms with E-state index < -0.39 is 0 Å². The zero-order chi connectivity index (χ0) is 10.0. The molecule has 0 bridgehead atoms. The summed E-state index contributed by atoms with van der Waals surface area (Å²) in [5.74, 6) is 1.15. The van der Waals surface area contributed by atoms with Gasteiger partial charge in [-0.25, -0.2) is 0 Å². The SMILES string of the molecule is CC1CNC(C)(C2CCCOC2)OC1. The van der Waals surface area contributed by atoms with Gasteiger partial charge in [0.25, 0.3) is 0 Å². The van der Waals surface area contributed by atoms with Crippen molar-refractivity contribution in [2.45, 2.75) is 32.4 Å². The summed E-state index contributed by atoms with van der Waals surface area (Å²) in [6.45, 7) is 8.08. The van der Waals surface area contributed by atoms with Crippen LogP contribution in [0.5, 0.6) is 0 Å². The number of hydrogen-bond acceptors (Lipinski definition) is 3. The first-order valence-corrected chi connectivity index (χ1v) is 5.67. The summed E-state index contributed by atoms with van der Waals surface area (Å²) in [6, 6.07) is 0. The van der Waals surface area contributed by atoms with E-state index in [4.69, 9.17) is 9.47 Å². The van der Waals surface area contributed by atoms with Crippen molar-refractivity contribution in [1.29, 1.82) is 0 Å². The van der Waals surface area contributed by atoms with Gasteiger partial charge in [0.15, 0.2) is 0 Å². The minimum atomic E-state index is -0.146. The lowest BCUT2D eigenvalue weighted by Gasteiger charge is -2.44. The van der Waals surface area contributed by atoms with E-state index in [0.717, 1.165) is 26.4 Å². The highest BCUT2D eigenvalue weighted by molar-refractivity contribution is 4.86. The van der Waals surface area contributed by atoms with Crippen molar-refractivity contribution < 1.29 is 9.47 Å². The quantitative estimate of drug-likeness (QED) is 0.692. The molecule has 2 rings (SSSR count). The molecule has 0 amide bonds. The van der Waals surface area contributed by atoms with E-state index in [0.29, 0.717) is 11.8 Å². The van der Waals surface area contributed by atoms with E-state index in [-0.39, 0.29) is 5.72 Å². The summed E-state index contributed by atoms with van der Waals surface area (Å²) in [4.78, 5) is 0. The standard InChI is InChI=1S/C11H21NO2/c1-9-6-12-11(2,14-7-9)10-4-3-5-13-8-10/h9-10,12H,3-8H2,1-2H3. The van der Waals surface area contributed by atoms with Crippen molar-refractivity contribution in [2.75, 3.05) is 26.4 Å². The molecule has 0 aromatic rings. The third kappa shape index (κ3) is 2.10. The maximum atomic E-state index is 5.93. The normalized spacial score (nSPS) is 45.0. The first-order valence-electron chi connectivity index (χ1n) is 5.67. The summed E-state index contributed by atoms with van der Waals surface area (Å²) in [5, 5.41) is 3.51. The van der Waals surface area contributed by atoms with Gasteiger partial charge in [-0.1, -0.05) is 6.92 Å². The van der Waals surface area contributed by atoms with Crippen LogP contribution in [0.15, 0.2) is 0 Å². The van der Waals surface area contributed by atoms with Crippen molar-refractivity contribution in [3.8, 4) is 0 Å². The second kappa shape index (κ2) is 4.17. The van der Waals surface area contributed by atoms with Crippen molar-refractivity contribution in [3.63, 3.8) is 0 Å². The molecule has 3 nitrogen and oxygen atoms in total. The van der Waals surface area contributed by atoms with Crippen LogP contribution in [-0.2, 0) is 9.47 Å². The molecule has 14 heavy (non-hydrogen) atoms. The summed E-state index contributed by atoms with van der Waals surface area (Å²) in [6.07, 6.45) is 2.39. The predicted molar refractivity (Wildman–Crippen MR) is 55.1 cm³/mol. The first kappa shape index (κ1) is 10.4. The first-order chi connectivity index (χ1) is 6.71. The second-order valence-corrected chi connectivity index (χ2v) is 4.82. The third-order valence-electron chi connectivity index (χ3n) is 3.41. The molecule has 2 aliphatic heterocycles. The molecule has 0 aromatic heterocycles. The monoisotopic (exact) mass is 199 g/mol. The topological polar surface area (TPSA) is 30.5 Å². The largest absolute Gasteiger partial charge is 0.381 e. The molecule has 2 saturated heterocycles. The van der Waals surface area contributed by atoms with Gasteiger partial charge in [0.2, 0.25) is 0 Å².